The molecule has 140 valence electrons. The minimum atomic E-state index is 0.0000589. The van der Waals surface area contributed by atoms with Crippen LogP contribution in [0.25, 0.3) is 0 Å². The highest BCUT2D eigenvalue weighted by atomic mass is 16.5. The summed E-state index contributed by atoms with van der Waals surface area (Å²) in [5.74, 6) is 1.02. The van der Waals surface area contributed by atoms with Crippen LogP contribution in [-0.2, 0) is 16.1 Å². The van der Waals surface area contributed by atoms with Gasteiger partial charge in [0.1, 0.15) is 12.4 Å². The third-order valence-electron chi connectivity index (χ3n) is 5.15. The third-order valence-corrected chi connectivity index (χ3v) is 5.15. The van der Waals surface area contributed by atoms with E-state index in [0.29, 0.717) is 18.9 Å². The second kappa shape index (κ2) is 7.76. The zero-order valence-corrected chi connectivity index (χ0v) is 15.2. The van der Waals surface area contributed by atoms with Gasteiger partial charge < -0.3 is 14.7 Å². The first-order valence-electron chi connectivity index (χ1n) is 8.95. The van der Waals surface area contributed by atoms with Crippen LogP contribution in [-0.4, -0.2) is 92.6 Å². The van der Waals surface area contributed by atoms with Gasteiger partial charge in [0.15, 0.2) is 0 Å². The van der Waals surface area contributed by atoms with E-state index in [0.717, 1.165) is 19.6 Å². The SMILES string of the molecule is Cc1nnnn1CC(=O)N1C[C@@H](CN2C[C@@H](C)O[C@@H](C)C2)[C@@H](CO)C1. The van der Waals surface area contributed by atoms with E-state index in [4.69, 9.17) is 4.74 Å². The Kier molecular flexibility index (Phi) is 5.65. The molecule has 1 aromatic rings. The number of aromatic nitrogens is 4. The Morgan fingerprint density at radius 1 is 1.20 bits per heavy atom. The largest absolute Gasteiger partial charge is 0.396 e. The van der Waals surface area contributed by atoms with E-state index in [1.807, 2.05) is 4.90 Å². The van der Waals surface area contributed by atoms with Crippen LogP contribution in [0.1, 0.15) is 19.7 Å². The first-order chi connectivity index (χ1) is 12.0. The quantitative estimate of drug-likeness (QED) is 0.738. The standard InChI is InChI=1S/C16H28N6O3/c1-11-4-20(5-12(2)25-11)6-14-7-21(8-15(14)10-23)16(24)9-22-13(3)17-18-19-22/h11-12,14-15,23H,4-10H2,1-3H3/t11-,12+,14-,15-/m1/s1. The molecule has 9 nitrogen and oxygen atoms in total. The summed E-state index contributed by atoms with van der Waals surface area (Å²) in [6, 6.07) is 0. The van der Waals surface area contributed by atoms with E-state index < -0.39 is 0 Å². The van der Waals surface area contributed by atoms with Crippen molar-refractivity contribution >= 4 is 5.91 Å². The Hall–Kier alpha value is -1.58. The molecule has 0 aliphatic carbocycles. The number of aliphatic hydroxyl groups is 1. The van der Waals surface area contributed by atoms with Crippen LogP contribution in [0.4, 0.5) is 0 Å². The molecule has 2 aliphatic heterocycles. The Morgan fingerprint density at radius 2 is 1.88 bits per heavy atom. The number of rotatable bonds is 5. The van der Waals surface area contributed by atoms with E-state index in [1.54, 1.807) is 6.92 Å². The van der Waals surface area contributed by atoms with Crippen molar-refractivity contribution in [2.24, 2.45) is 11.8 Å². The van der Waals surface area contributed by atoms with Gasteiger partial charge in [0.25, 0.3) is 0 Å². The molecule has 2 fully saturated rings. The van der Waals surface area contributed by atoms with Crippen molar-refractivity contribution in [2.45, 2.75) is 39.5 Å². The van der Waals surface area contributed by atoms with E-state index in [9.17, 15) is 9.90 Å². The Labute approximate surface area is 147 Å². The van der Waals surface area contributed by atoms with Gasteiger partial charge in [0.2, 0.25) is 5.91 Å². The van der Waals surface area contributed by atoms with Gasteiger partial charge in [-0.2, -0.15) is 0 Å². The van der Waals surface area contributed by atoms with E-state index in [-0.39, 0.29) is 43.1 Å². The highest BCUT2D eigenvalue weighted by molar-refractivity contribution is 5.76. The molecular weight excluding hydrogens is 324 g/mol. The summed E-state index contributed by atoms with van der Waals surface area (Å²) in [4.78, 5) is 16.8. The maximum absolute atomic E-state index is 12.6. The van der Waals surface area contributed by atoms with Gasteiger partial charge >= 0.3 is 0 Å². The first kappa shape index (κ1) is 18.2. The molecule has 4 atom stereocenters. The molecule has 2 saturated heterocycles. The van der Waals surface area contributed by atoms with Crippen LogP contribution >= 0.6 is 0 Å². The van der Waals surface area contributed by atoms with E-state index >= 15 is 0 Å². The van der Waals surface area contributed by atoms with Crippen molar-refractivity contribution in [2.75, 3.05) is 39.3 Å². The molecule has 0 aromatic carbocycles. The van der Waals surface area contributed by atoms with Crippen molar-refractivity contribution in [3.05, 3.63) is 5.82 Å². The topological polar surface area (TPSA) is 96.6 Å². The minimum Gasteiger partial charge on any atom is -0.396 e. The van der Waals surface area contributed by atoms with Crippen LogP contribution < -0.4 is 0 Å². The zero-order valence-electron chi connectivity index (χ0n) is 15.2. The van der Waals surface area contributed by atoms with Gasteiger partial charge in [-0.05, 0) is 37.1 Å². The molecule has 0 radical (unpaired) electrons. The van der Waals surface area contributed by atoms with Crippen LogP contribution in [0.5, 0.6) is 0 Å². The fourth-order valence-corrected chi connectivity index (χ4v) is 3.94. The van der Waals surface area contributed by atoms with Gasteiger partial charge in [-0.15, -0.1) is 5.10 Å². The molecule has 0 spiro atoms. The molecular formula is C16H28N6O3. The molecule has 9 heteroatoms. The lowest BCUT2D eigenvalue weighted by molar-refractivity contribution is -0.131. The summed E-state index contributed by atoms with van der Waals surface area (Å²) >= 11 is 0. The number of aliphatic hydroxyl groups excluding tert-OH is 1. The summed E-state index contributed by atoms with van der Waals surface area (Å²) in [5.41, 5.74) is 0. The number of tetrazole rings is 1. The number of ether oxygens (including phenoxy) is 1. The number of carbonyl (C=O) groups is 1. The van der Waals surface area contributed by atoms with Crippen LogP contribution in [0.15, 0.2) is 0 Å². The minimum absolute atomic E-state index is 0.0000589. The van der Waals surface area contributed by atoms with Crippen molar-refractivity contribution in [1.29, 1.82) is 0 Å². The molecule has 25 heavy (non-hydrogen) atoms. The average molecular weight is 352 g/mol. The highest BCUT2D eigenvalue weighted by Crippen LogP contribution is 2.25. The molecule has 3 rings (SSSR count). The maximum Gasteiger partial charge on any atom is 0.244 e. The number of carbonyl (C=O) groups excluding carboxylic acids is 1. The molecule has 1 N–H and O–H groups in total. The molecule has 2 aliphatic rings. The summed E-state index contributed by atoms with van der Waals surface area (Å²) in [6.07, 6.45) is 0.441. The van der Waals surface area contributed by atoms with Gasteiger partial charge in [0.05, 0.1) is 12.2 Å². The number of amides is 1. The first-order valence-corrected chi connectivity index (χ1v) is 8.95. The molecule has 0 bridgehead atoms. The number of hydrogen-bond donors (Lipinski definition) is 1. The Balaban J connectivity index is 1.58. The Bertz CT molecular complexity index is 584. The molecule has 0 saturated carbocycles. The molecule has 1 aromatic heterocycles. The lowest BCUT2D eigenvalue weighted by Gasteiger charge is -2.37. The maximum atomic E-state index is 12.6. The van der Waals surface area contributed by atoms with Crippen LogP contribution in [0, 0.1) is 18.8 Å². The lowest BCUT2D eigenvalue weighted by atomic mass is 9.96. The van der Waals surface area contributed by atoms with Crippen LogP contribution in [0.3, 0.4) is 0 Å². The fraction of sp³-hybridized carbons (Fsp3) is 0.875. The molecule has 3 heterocycles. The number of hydrogen-bond acceptors (Lipinski definition) is 7. The lowest BCUT2D eigenvalue weighted by Crippen LogP contribution is -2.48. The summed E-state index contributed by atoms with van der Waals surface area (Å²) in [7, 11) is 0. The summed E-state index contributed by atoms with van der Waals surface area (Å²) in [5, 5.41) is 21.0. The molecule has 1 amide bonds. The predicted octanol–water partition coefficient (Wildman–Crippen LogP) is -0.842. The van der Waals surface area contributed by atoms with Crippen molar-refractivity contribution in [1.82, 2.24) is 30.0 Å². The second-order valence-corrected chi connectivity index (χ2v) is 7.36. The summed E-state index contributed by atoms with van der Waals surface area (Å²) < 4.78 is 7.30. The van der Waals surface area contributed by atoms with Gasteiger partial charge in [-0.3, -0.25) is 9.69 Å². The highest BCUT2D eigenvalue weighted by Gasteiger charge is 2.37. The zero-order chi connectivity index (χ0) is 18.0. The van der Waals surface area contributed by atoms with E-state index in [2.05, 4.69) is 34.3 Å². The average Bonchev–Trinajstić information content (AvgIpc) is 3.13. The van der Waals surface area contributed by atoms with Gasteiger partial charge in [-0.25, -0.2) is 4.68 Å². The summed E-state index contributed by atoms with van der Waals surface area (Å²) in [6.45, 7) is 10.2. The van der Waals surface area contributed by atoms with Gasteiger partial charge in [0, 0.05) is 45.2 Å². The number of nitrogens with zero attached hydrogens (tertiary/aromatic N) is 6. The predicted molar refractivity (Wildman–Crippen MR) is 89.6 cm³/mol. The number of morpholine rings is 1. The Morgan fingerprint density at radius 3 is 2.48 bits per heavy atom. The number of likely N-dealkylation sites (tertiary alicyclic amines) is 1. The molecule has 0 unspecified atom stereocenters. The van der Waals surface area contributed by atoms with Crippen molar-refractivity contribution in [3.63, 3.8) is 0 Å². The van der Waals surface area contributed by atoms with Crippen molar-refractivity contribution in [3.8, 4) is 0 Å². The van der Waals surface area contributed by atoms with E-state index in [1.165, 1.54) is 4.68 Å². The monoisotopic (exact) mass is 352 g/mol. The van der Waals surface area contributed by atoms with Crippen molar-refractivity contribution < 1.29 is 14.6 Å². The van der Waals surface area contributed by atoms with Gasteiger partial charge in [-0.1, -0.05) is 0 Å². The smallest absolute Gasteiger partial charge is 0.244 e. The number of aryl methyl sites for hydroxylation is 1. The fourth-order valence-electron chi connectivity index (χ4n) is 3.94. The normalized spacial score (nSPS) is 30.8. The second-order valence-electron chi connectivity index (χ2n) is 7.36. The van der Waals surface area contributed by atoms with Crippen LogP contribution in [0.2, 0.25) is 0 Å². The third kappa shape index (κ3) is 4.34.